The van der Waals surface area contributed by atoms with Crippen LogP contribution in [0.2, 0.25) is 0 Å². The van der Waals surface area contributed by atoms with Crippen LogP contribution in [0, 0.1) is 57.2 Å². The van der Waals surface area contributed by atoms with E-state index < -0.39 is 82.4 Å². The number of Topliss-reactive ketones (excluding diaryl/α,β-unsaturated/α-hetero) is 4. The molecule has 4 N–H and O–H groups in total. The van der Waals surface area contributed by atoms with Gasteiger partial charge in [0, 0.05) is 58.3 Å². The number of carboxylic acid groups (broad SMARTS) is 2. The molecule has 0 heterocycles. The van der Waals surface area contributed by atoms with Crippen LogP contribution in [0.4, 0.5) is 0 Å². The van der Waals surface area contributed by atoms with Gasteiger partial charge in [-0.15, -0.1) is 0 Å². The first-order valence-corrected chi connectivity index (χ1v) is 21.0. The number of carbonyl (C=O) groups is 8. The summed E-state index contributed by atoms with van der Waals surface area (Å²) in [6.45, 7) is 6.38. The summed E-state index contributed by atoms with van der Waals surface area (Å²) in [4.78, 5) is 93.8. The van der Waals surface area contributed by atoms with E-state index in [1.807, 2.05) is 39.8 Å². The Labute approximate surface area is 405 Å². The molecule has 8 rings (SSSR count). The Kier molecular flexibility index (Phi) is 16.0. The molecular weight excluding hydrogens is 822 g/mol. The molecule has 6 fully saturated rings. The first-order chi connectivity index (χ1) is 28.0. The van der Waals surface area contributed by atoms with Crippen molar-refractivity contribution in [3.63, 3.8) is 0 Å². The molecule has 8 aliphatic rings. The van der Waals surface area contributed by atoms with Crippen LogP contribution < -0.4 is 69.3 Å². The number of carboxylic acids is 2. The van der Waals surface area contributed by atoms with Crippen molar-refractivity contribution >= 4 is 46.6 Å². The molecule has 0 saturated heterocycles. The van der Waals surface area contributed by atoms with Crippen LogP contribution in [0.1, 0.15) is 105 Å². The Morgan fingerprint density at radius 3 is 1.26 bits per heavy atom. The van der Waals surface area contributed by atoms with Crippen LogP contribution in [0.3, 0.4) is 0 Å². The van der Waals surface area contributed by atoms with Gasteiger partial charge in [0.2, 0.25) is 0 Å². The standard InChI is InChI=1S/2C21H26O5.C4H6O4.2Na/c2*1-19-7-5-13(23)9-12(19)3-4-14-15-6-8-21(26,17(25)11-22)20(15,2)10-16(24)18(14)19;5-3(6)1-2-4(7)8;;/h2*5,7,9,14-15,18,22,26H,3-4,6,8,10-11H2,1-2H3;1-2H2,(H,5,6)(H,7,8);;/q;;;2*+1/p-2/t14?,15?,18?,19-,20-,21-;14-,15?,18+,19+,20+,21+;;;/m01.../s1. The normalized spacial score (nSPS) is 40.6. The molecule has 8 aliphatic carbocycles. The fourth-order valence-corrected chi connectivity index (χ4v) is 13.4. The topological polar surface area (TPSA) is 264 Å². The number of hydrogen-bond donors (Lipinski definition) is 4. The van der Waals surface area contributed by atoms with Crippen molar-refractivity contribution < 1.29 is 128 Å². The fourth-order valence-electron chi connectivity index (χ4n) is 13.4. The number of rotatable bonds is 7. The molecule has 6 saturated carbocycles. The molecule has 0 spiro atoms. The SMILES string of the molecule is C[C@]12C=CC(=O)C=C1CCC1C2C(=O)C[C@@]2(C)C1CC[C@]2(O)C(=O)CO.C[C@]12C=CC(=O)C=C1CC[C@@H]1C3CC[C@](O)(C(=O)CO)[C@@]3(C)CC(=O)[C@H]12.O=C([O-])CCC(=O)[O-].[Na+].[Na+]. The van der Waals surface area contributed by atoms with Gasteiger partial charge in [0.15, 0.2) is 23.1 Å². The van der Waals surface area contributed by atoms with Crippen molar-refractivity contribution in [1.29, 1.82) is 0 Å². The van der Waals surface area contributed by atoms with Crippen molar-refractivity contribution in [2.24, 2.45) is 57.2 Å². The van der Waals surface area contributed by atoms with E-state index in [-0.39, 0.29) is 131 Å². The molecule has 0 bridgehead atoms. The summed E-state index contributed by atoms with van der Waals surface area (Å²) < 4.78 is 0. The van der Waals surface area contributed by atoms with E-state index in [1.54, 1.807) is 24.3 Å². The molecule has 12 atom stereocenters. The van der Waals surface area contributed by atoms with Gasteiger partial charge in [0.25, 0.3) is 0 Å². The summed E-state index contributed by atoms with van der Waals surface area (Å²) in [6.07, 6.45) is 14.7. The average Bonchev–Trinajstić information content (AvgIpc) is 3.62. The van der Waals surface area contributed by atoms with Crippen molar-refractivity contribution in [3.8, 4) is 0 Å². The Hall–Kier alpha value is -2.24. The zero-order valence-electron chi connectivity index (χ0n) is 36.7. The number of allylic oxidation sites excluding steroid dienone is 8. The first-order valence-electron chi connectivity index (χ1n) is 21.0. The number of fused-ring (bicyclic) bond motifs is 10. The van der Waals surface area contributed by atoms with Crippen LogP contribution in [0.15, 0.2) is 47.6 Å². The van der Waals surface area contributed by atoms with Crippen LogP contribution in [-0.2, 0) is 38.4 Å². The maximum Gasteiger partial charge on any atom is 1.00 e. The van der Waals surface area contributed by atoms with E-state index in [0.717, 1.165) is 36.8 Å². The fraction of sp³-hybridized carbons (Fsp3) is 0.652. The Bertz CT molecular complexity index is 1900. The van der Waals surface area contributed by atoms with Gasteiger partial charge in [-0.3, -0.25) is 28.8 Å². The Morgan fingerprint density at radius 1 is 0.613 bits per heavy atom. The van der Waals surface area contributed by atoms with E-state index >= 15 is 0 Å². The Morgan fingerprint density at radius 2 is 0.952 bits per heavy atom. The smallest absolute Gasteiger partial charge is 0.550 e. The molecule has 0 aromatic rings. The number of hydrogen-bond acceptors (Lipinski definition) is 14. The molecule has 16 heteroatoms. The van der Waals surface area contributed by atoms with Crippen LogP contribution >= 0.6 is 0 Å². The number of ketones is 6. The second-order valence-electron chi connectivity index (χ2n) is 19.3. The molecule has 14 nitrogen and oxygen atoms in total. The number of carbonyl (C=O) groups excluding carboxylic acids is 8. The zero-order chi connectivity index (χ0) is 44.4. The van der Waals surface area contributed by atoms with Crippen LogP contribution in [0.5, 0.6) is 0 Å². The van der Waals surface area contributed by atoms with Gasteiger partial charge in [-0.25, -0.2) is 0 Å². The zero-order valence-corrected chi connectivity index (χ0v) is 40.7. The second kappa shape index (κ2) is 18.9. The molecule has 326 valence electrons. The molecule has 4 unspecified atom stereocenters. The predicted molar refractivity (Wildman–Crippen MR) is 207 cm³/mol. The minimum Gasteiger partial charge on any atom is -0.550 e. The van der Waals surface area contributed by atoms with Crippen LogP contribution in [0.25, 0.3) is 0 Å². The van der Waals surface area contributed by atoms with E-state index in [2.05, 4.69) is 0 Å². The van der Waals surface area contributed by atoms with Gasteiger partial charge in [-0.05, 0) is 112 Å². The maximum absolute atomic E-state index is 13.3. The third-order valence-corrected chi connectivity index (χ3v) is 16.6. The summed E-state index contributed by atoms with van der Waals surface area (Å²) in [5.41, 5.74) is -3.72. The van der Waals surface area contributed by atoms with Crippen molar-refractivity contribution in [2.45, 2.75) is 116 Å². The van der Waals surface area contributed by atoms with E-state index in [0.29, 0.717) is 25.7 Å². The number of aliphatic hydroxyl groups excluding tert-OH is 2. The van der Waals surface area contributed by atoms with Crippen molar-refractivity contribution in [3.05, 3.63) is 47.6 Å². The summed E-state index contributed by atoms with van der Waals surface area (Å²) in [5, 5.41) is 59.9. The minimum absolute atomic E-state index is 0. The summed E-state index contributed by atoms with van der Waals surface area (Å²) in [5.74, 6) is -3.91. The summed E-state index contributed by atoms with van der Waals surface area (Å²) in [6, 6.07) is 0. The molecule has 0 aliphatic heterocycles. The van der Waals surface area contributed by atoms with E-state index in [9.17, 15) is 69.0 Å². The van der Waals surface area contributed by atoms with Gasteiger partial charge >= 0.3 is 59.1 Å². The monoisotopic (exact) mass is 878 g/mol. The Balaban J connectivity index is 0.000000226. The van der Waals surface area contributed by atoms with Gasteiger partial charge < -0.3 is 40.2 Å². The van der Waals surface area contributed by atoms with Gasteiger partial charge in [0.05, 0.1) is 0 Å². The maximum atomic E-state index is 13.3. The average molecular weight is 879 g/mol. The van der Waals surface area contributed by atoms with Crippen LogP contribution in [-0.4, -0.2) is 91.5 Å². The number of aliphatic carboxylic acids is 2. The third kappa shape index (κ3) is 8.41. The molecule has 0 aromatic carbocycles. The summed E-state index contributed by atoms with van der Waals surface area (Å²) in [7, 11) is 0. The van der Waals surface area contributed by atoms with E-state index in [4.69, 9.17) is 0 Å². The van der Waals surface area contributed by atoms with Gasteiger partial charge in [-0.1, -0.05) is 51.0 Å². The number of aliphatic hydroxyl groups is 4. The van der Waals surface area contributed by atoms with Gasteiger partial charge in [0.1, 0.15) is 36.0 Å². The predicted octanol–water partition coefficient (Wildman–Crippen LogP) is -5.19. The minimum atomic E-state index is -1.62. The molecular formula is C46H56Na2O14. The molecule has 0 amide bonds. The molecule has 0 radical (unpaired) electrons. The summed E-state index contributed by atoms with van der Waals surface area (Å²) >= 11 is 0. The first kappa shape index (κ1) is 52.4. The largest absolute Gasteiger partial charge is 1.00 e. The third-order valence-electron chi connectivity index (χ3n) is 16.6. The molecule has 0 aromatic heterocycles. The van der Waals surface area contributed by atoms with Gasteiger partial charge in [-0.2, -0.15) is 0 Å². The van der Waals surface area contributed by atoms with E-state index in [1.165, 1.54) is 0 Å². The second-order valence-corrected chi connectivity index (χ2v) is 19.3. The molecule has 62 heavy (non-hydrogen) atoms. The van der Waals surface area contributed by atoms with Crippen molar-refractivity contribution in [1.82, 2.24) is 0 Å². The van der Waals surface area contributed by atoms with Crippen molar-refractivity contribution in [2.75, 3.05) is 13.2 Å². The quantitative estimate of drug-likeness (QED) is 0.174.